The van der Waals surface area contributed by atoms with Crippen LogP contribution in [0.15, 0.2) is 4.52 Å². The number of nitrogens with zero attached hydrogens (tertiary/aromatic N) is 1. The first-order valence-corrected chi connectivity index (χ1v) is 5.50. The number of hydrogen-bond acceptors (Lipinski definition) is 3. The second-order valence-electron chi connectivity index (χ2n) is 3.96. The maximum Gasteiger partial charge on any atom is 0.236 e. The number of halogens is 1. The number of carbonyl (C=O) groups is 1. The molecule has 0 atom stereocenters. The van der Waals surface area contributed by atoms with Crippen molar-refractivity contribution in [3.63, 3.8) is 0 Å². The molecular weight excluding hydrogens is 260 g/mol. The molecule has 0 unspecified atom stereocenters. The van der Waals surface area contributed by atoms with Crippen LogP contribution in [0.4, 0.5) is 0 Å². The van der Waals surface area contributed by atoms with Crippen LogP contribution in [0.3, 0.4) is 0 Å². The Bertz CT molecular complexity index is 346. The molecule has 0 spiro atoms. The first-order chi connectivity index (χ1) is 6.82. The van der Waals surface area contributed by atoms with Crippen molar-refractivity contribution in [1.82, 2.24) is 10.5 Å². The number of alkyl halides is 1. The van der Waals surface area contributed by atoms with Gasteiger partial charge in [-0.05, 0) is 27.7 Å². The van der Waals surface area contributed by atoms with Crippen LogP contribution in [0, 0.1) is 13.8 Å². The van der Waals surface area contributed by atoms with E-state index in [0.717, 1.165) is 17.0 Å². The largest absolute Gasteiger partial charge is 0.361 e. The average Bonchev–Trinajstić information content (AvgIpc) is 2.41. The highest BCUT2D eigenvalue weighted by Gasteiger charge is 2.23. The van der Waals surface area contributed by atoms with E-state index in [9.17, 15) is 4.79 Å². The van der Waals surface area contributed by atoms with Crippen LogP contribution in [-0.2, 0) is 11.3 Å². The zero-order valence-electron chi connectivity index (χ0n) is 9.35. The fraction of sp³-hybridized carbons (Fsp3) is 0.600. The Morgan fingerprint density at radius 1 is 1.53 bits per heavy atom. The van der Waals surface area contributed by atoms with E-state index in [1.165, 1.54) is 0 Å². The Morgan fingerprint density at radius 3 is 2.53 bits per heavy atom. The second kappa shape index (κ2) is 4.35. The summed E-state index contributed by atoms with van der Waals surface area (Å²) in [6.45, 7) is 7.75. The number of aryl methyl sites for hydroxylation is 2. The zero-order valence-corrected chi connectivity index (χ0v) is 10.9. The summed E-state index contributed by atoms with van der Waals surface area (Å²) >= 11 is 3.29. The van der Waals surface area contributed by atoms with Gasteiger partial charge in [0.05, 0.1) is 10.0 Å². The minimum atomic E-state index is -0.550. The van der Waals surface area contributed by atoms with Gasteiger partial charge in [-0.25, -0.2) is 0 Å². The monoisotopic (exact) mass is 274 g/mol. The third kappa shape index (κ3) is 3.06. The Labute approximate surface area is 97.5 Å². The third-order valence-corrected chi connectivity index (χ3v) is 2.51. The number of nitrogens with one attached hydrogen (secondary N) is 1. The number of rotatable bonds is 3. The summed E-state index contributed by atoms with van der Waals surface area (Å²) in [5, 5.41) is 6.64. The highest BCUT2D eigenvalue weighted by Crippen LogP contribution is 2.17. The molecule has 4 nitrogen and oxygen atoms in total. The van der Waals surface area contributed by atoms with Crippen molar-refractivity contribution in [3.05, 3.63) is 17.0 Å². The topological polar surface area (TPSA) is 55.1 Å². The standard InChI is InChI=1S/C10H15BrN2O2/c1-6-8(7(2)15-13-6)5-12-9(14)10(3,4)11/h5H2,1-4H3,(H,12,14). The Balaban J connectivity index is 2.62. The van der Waals surface area contributed by atoms with Gasteiger partial charge in [0, 0.05) is 12.1 Å². The van der Waals surface area contributed by atoms with Crippen LogP contribution in [-0.4, -0.2) is 15.4 Å². The summed E-state index contributed by atoms with van der Waals surface area (Å²) in [7, 11) is 0. The molecule has 1 amide bonds. The van der Waals surface area contributed by atoms with Crippen molar-refractivity contribution >= 4 is 21.8 Å². The van der Waals surface area contributed by atoms with Gasteiger partial charge in [0.2, 0.25) is 5.91 Å². The van der Waals surface area contributed by atoms with Crippen LogP contribution in [0.1, 0.15) is 30.9 Å². The molecule has 1 rings (SSSR count). The summed E-state index contributed by atoms with van der Waals surface area (Å²) in [5.74, 6) is 0.697. The summed E-state index contributed by atoms with van der Waals surface area (Å²) in [5.41, 5.74) is 1.76. The quantitative estimate of drug-likeness (QED) is 0.859. The highest BCUT2D eigenvalue weighted by molar-refractivity contribution is 9.10. The maximum atomic E-state index is 11.6. The molecule has 0 saturated heterocycles. The lowest BCUT2D eigenvalue weighted by atomic mass is 10.1. The molecule has 0 aliphatic carbocycles. The van der Waals surface area contributed by atoms with E-state index in [1.807, 2.05) is 13.8 Å². The molecule has 1 heterocycles. The fourth-order valence-corrected chi connectivity index (χ4v) is 1.27. The molecule has 0 aliphatic heterocycles. The van der Waals surface area contributed by atoms with Crippen LogP contribution in [0.5, 0.6) is 0 Å². The minimum Gasteiger partial charge on any atom is -0.361 e. The van der Waals surface area contributed by atoms with Crippen molar-refractivity contribution in [2.24, 2.45) is 0 Å². The Morgan fingerprint density at radius 2 is 2.13 bits per heavy atom. The normalized spacial score (nSPS) is 11.5. The van der Waals surface area contributed by atoms with Gasteiger partial charge in [-0.2, -0.15) is 0 Å². The molecule has 1 aromatic heterocycles. The van der Waals surface area contributed by atoms with Crippen molar-refractivity contribution < 1.29 is 9.32 Å². The molecule has 0 aliphatic rings. The molecule has 84 valence electrons. The van der Waals surface area contributed by atoms with Gasteiger partial charge in [-0.15, -0.1) is 0 Å². The number of amides is 1. The van der Waals surface area contributed by atoms with Crippen LogP contribution in [0.25, 0.3) is 0 Å². The van der Waals surface area contributed by atoms with Gasteiger partial charge in [-0.1, -0.05) is 21.1 Å². The molecule has 15 heavy (non-hydrogen) atoms. The van der Waals surface area contributed by atoms with E-state index in [0.29, 0.717) is 6.54 Å². The smallest absolute Gasteiger partial charge is 0.236 e. The van der Waals surface area contributed by atoms with E-state index in [4.69, 9.17) is 4.52 Å². The van der Waals surface area contributed by atoms with E-state index < -0.39 is 4.32 Å². The first-order valence-electron chi connectivity index (χ1n) is 4.71. The summed E-state index contributed by atoms with van der Waals surface area (Å²) in [6.07, 6.45) is 0. The van der Waals surface area contributed by atoms with Gasteiger partial charge in [0.25, 0.3) is 0 Å². The summed E-state index contributed by atoms with van der Waals surface area (Å²) in [4.78, 5) is 11.6. The first kappa shape index (κ1) is 12.2. The molecule has 0 saturated carbocycles. The van der Waals surface area contributed by atoms with E-state index >= 15 is 0 Å². The lowest BCUT2D eigenvalue weighted by molar-refractivity contribution is -0.122. The molecule has 0 bridgehead atoms. The molecule has 1 aromatic rings. The summed E-state index contributed by atoms with van der Waals surface area (Å²) < 4.78 is 4.45. The van der Waals surface area contributed by atoms with Crippen molar-refractivity contribution in [3.8, 4) is 0 Å². The molecule has 0 aromatic carbocycles. The van der Waals surface area contributed by atoms with E-state index in [1.54, 1.807) is 13.8 Å². The van der Waals surface area contributed by atoms with E-state index in [2.05, 4.69) is 26.4 Å². The van der Waals surface area contributed by atoms with Gasteiger partial charge in [-0.3, -0.25) is 4.79 Å². The number of hydrogen-bond donors (Lipinski definition) is 1. The van der Waals surface area contributed by atoms with Crippen molar-refractivity contribution in [2.45, 2.75) is 38.6 Å². The van der Waals surface area contributed by atoms with Crippen LogP contribution < -0.4 is 5.32 Å². The third-order valence-electron chi connectivity index (χ3n) is 2.15. The van der Waals surface area contributed by atoms with Gasteiger partial charge in [0.15, 0.2) is 0 Å². The molecule has 0 radical (unpaired) electrons. The maximum absolute atomic E-state index is 11.6. The Kier molecular flexibility index (Phi) is 3.54. The predicted octanol–water partition coefficient (Wildman–Crippen LogP) is 2.08. The van der Waals surface area contributed by atoms with Gasteiger partial charge in [0.1, 0.15) is 5.76 Å². The lowest BCUT2D eigenvalue weighted by Crippen LogP contribution is -2.37. The molecule has 0 fully saturated rings. The highest BCUT2D eigenvalue weighted by atomic mass is 79.9. The van der Waals surface area contributed by atoms with Crippen LogP contribution >= 0.6 is 15.9 Å². The molecule has 1 N–H and O–H groups in total. The van der Waals surface area contributed by atoms with Crippen molar-refractivity contribution in [2.75, 3.05) is 0 Å². The molecular formula is C10H15BrN2O2. The minimum absolute atomic E-state index is 0.0532. The molecule has 5 heteroatoms. The number of aromatic nitrogens is 1. The summed E-state index contributed by atoms with van der Waals surface area (Å²) in [6, 6.07) is 0. The van der Waals surface area contributed by atoms with Gasteiger partial charge < -0.3 is 9.84 Å². The Hall–Kier alpha value is -0.840. The van der Waals surface area contributed by atoms with Gasteiger partial charge >= 0.3 is 0 Å². The fourth-order valence-electron chi connectivity index (χ4n) is 1.13. The van der Waals surface area contributed by atoms with Crippen LogP contribution in [0.2, 0.25) is 0 Å². The lowest BCUT2D eigenvalue weighted by Gasteiger charge is -2.15. The van der Waals surface area contributed by atoms with Crippen molar-refractivity contribution in [1.29, 1.82) is 0 Å². The second-order valence-corrected chi connectivity index (χ2v) is 5.94. The van der Waals surface area contributed by atoms with E-state index in [-0.39, 0.29) is 5.91 Å². The average molecular weight is 275 g/mol. The number of carbonyl (C=O) groups excluding carboxylic acids is 1. The SMILES string of the molecule is Cc1noc(C)c1CNC(=O)C(C)(C)Br. The zero-order chi connectivity index (χ0) is 11.6. The predicted molar refractivity (Wildman–Crippen MR) is 60.8 cm³/mol.